The summed E-state index contributed by atoms with van der Waals surface area (Å²) in [6, 6.07) is 0.217. The molecule has 0 saturated heterocycles. The molecule has 2 unspecified atom stereocenters. The molecule has 1 aromatic heterocycles. The monoisotopic (exact) mass is 239 g/mol. The largest absolute Gasteiger partial charge is 0.406 e. The Kier molecular flexibility index (Phi) is 3.28. The minimum atomic E-state index is -0.464. The van der Waals surface area contributed by atoms with Crippen LogP contribution in [0, 0.1) is 16.0 Å². The first kappa shape index (κ1) is 11.8. The van der Waals surface area contributed by atoms with E-state index in [0.29, 0.717) is 18.3 Å². The zero-order valence-corrected chi connectivity index (χ0v) is 9.80. The van der Waals surface area contributed by atoms with Crippen molar-refractivity contribution in [1.29, 1.82) is 0 Å². The summed E-state index contributed by atoms with van der Waals surface area (Å²) in [6.07, 6.45) is 4.65. The van der Waals surface area contributed by atoms with Gasteiger partial charge >= 0.3 is 5.82 Å². The first-order valence-corrected chi connectivity index (χ1v) is 5.75. The SMILES string of the molecule is Cn1cnc([N+](=O)[O-])c1NC1CCCC1CN. The third-order valence-corrected chi connectivity index (χ3v) is 3.37. The van der Waals surface area contributed by atoms with Crippen LogP contribution in [0.3, 0.4) is 0 Å². The van der Waals surface area contributed by atoms with E-state index < -0.39 is 4.92 Å². The van der Waals surface area contributed by atoms with E-state index in [2.05, 4.69) is 10.3 Å². The lowest BCUT2D eigenvalue weighted by Gasteiger charge is -2.19. The van der Waals surface area contributed by atoms with Gasteiger partial charge in [-0.15, -0.1) is 0 Å². The maximum Gasteiger partial charge on any atom is 0.406 e. The van der Waals surface area contributed by atoms with E-state index in [1.54, 1.807) is 11.6 Å². The third-order valence-electron chi connectivity index (χ3n) is 3.37. The minimum Gasteiger partial charge on any atom is -0.361 e. The van der Waals surface area contributed by atoms with Crippen LogP contribution in [0.2, 0.25) is 0 Å². The highest BCUT2D eigenvalue weighted by atomic mass is 16.6. The Hall–Kier alpha value is -1.63. The minimum absolute atomic E-state index is 0.116. The molecule has 7 heteroatoms. The number of hydrogen-bond donors (Lipinski definition) is 2. The van der Waals surface area contributed by atoms with Gasteiger partial charge < -0.3 is 21.2 Å². The maximum atomic E-state index is 10.8. The van der Waals surface area contributed by atoms with Gasteiger partial charge in [-0.3, -0.25) is 4.57 Å². The van der Waals surface area contributed by atoms with Gasteiger partial charge in [-0.05, 0) is 35.2 Å². The number of anilines is 1. The highest BCUT2D eigenvalue weighted by Crippen LogP contribution is 2.30. The van der Waals surface area contributed by atoms with Crippen molar-refractivity contribution in [3.05, 3.63) is 16.4 Å². The number of aryl methyl sites for hydroxylation is 1. The maximum absolute atomic E-state index is 10.8. The van der Waals surface area contributed by atoms with Crippen molar-refractivity contribution >= 4 is 11.6 Å². The number of nitrogens with zero attached hydrogens (tertiary/aromatic N) is 3. The average molecular weight is 239 g/mol. The van der Waals surface area contributed by atoms with Crippen molar-refractivity contribution in [2.45, 2.75) is 25.3 Å². The normalized spacial score (nSPS) is 23.9. The van der Waals surface area contributed by atoms with Crippen molar-refractivity contribution in [2.75, 3.05) is 11.9 Å². The zero-order chi connectivity index (χ0) is 12.4. The quantitative estimate of drug-likeness (QED) is 0.600. The summed E-state index contributed by atoms with van der Waals surface area (Å²) >= 11 is 0. The van der Waals surface area contributed by atoms with Crippen LogP contribution < -0.4 is 11.1 Å². The highest BCUT2D eigenvalue weighted by molar-refractivity contribution is 5.52. The molecule has 1 aliphatic rings. The first-order valence-electron chi connectivity index (χ1n) is 5.75. The second-order valence-corrected chi connectivity index (χ2v) is 4.46. The van der Waals surface area contributed by atoms with Crippen LogP contribution in [0.15, 0.2) is 6.33 Å². The van der Waals surface area contributed by atoms with E-state index in [1.165, 1.54) is 6.33 Å². The molecule has 3 N–H and O–H groups in total. The van der Waals surface area contributed by atoms with Gasteiger partial charge in [-0.1, -0.05) is 6.42 Å². The van der Waals surface area contributed by atoms with Crippen molar-refractivity contribution in [1.82, 2.24) is 9.55 Å². The lowest BCUT2D eigenvalue weighted by atomic mass is 10.0. The second kappa shape index (κ2) is 4.70. The molecule has 1 aromatic rings. The lowest BCUT2D eigenvalue weighted by Crippen LogP contribution is -2.30. The second-order valence-electron chi connectivity index (χ2n) is 4.46. The summed E-state index contributed by atoms with van der Waals surface area (Å²) in [7, 11) is 1.74. The van der Waals surface area contributed by atoms with E-state index in [4.69, 9.17) is 5.73 Å². The summed E-state index contributed by atoms with van der Waals surface area (Å²) < 4.78 is 1.64. The molecule has 1 fully saturated rings. The standard InChI is InChI=1S/C10H17N5O2/c1-14-6-12-9(15(16)17)10(14)13-8-4-2-3-7(8)5-11/h6-8,13H,2-5,11H2,1H3. The van der Waals surface area contributed by atoms with E-state index in [9.17, 15) is 10.1 Å². The van der Waals surface area contributed by atoms with Crippen LogP contribution in [0.1, 0.15) is 19.3 Å². The summed E-state index contributed by atoms with van der Waals surface area (Å²) in [5.41, 5.74) is 5.69. The number of nitrogens with one attached hydrogen (secondary N) is 1. The Labute approximate surface area is 99.2 Å². The summed E-state index contributed by atoms with van der Waals surface area (Å²) in [6.45, 7) is 0.614. The molecule has 0 spiro atoms. The molecule has 2 atom stereocenters. The molecule has 1 saturated carbocycles. The molecular weight excluding hydrogens is 222 g/mol. The van der Waals surface area contributed by atoms with E-state index in [-0.39, 0.29) is 11.9 Å². The van der Waals surface area contributed by atoms with Gasteiger partial charge in [0.05, 0.1) is 0 Å². The summed E-state index contributed by atoms with van der Waals surface area (Å²) in [5, 5.41) is 14.0. The number of aromatic nitrogens is 2. The van der Waals surface area contributed by atoms with Gasteiger partial charge in [-0.25, -0.2) is 0 Å². The molecule has 17 heavy (non-hydrogen) atoms. The predicted octanol–water partition coefficient (Wildman–Crippen LogP) is 0.868. The molecule has 94 valence electrons. The molecule has 0 radical (unpaired) electrons. The molecule has 2 rings (SSSR count). The van der Waals surface area contributed by atoms with Gasteiger partial charge in [0.15, 0.2) is 0 Å². The molecule has 1 aliphatic carbocycles. The Balaban J connectivity index is 2.17. The fourth-order valence-electron chi connectivity index (χ4n) is 2.40. The molecular formula is C10H17N5O2. The number of nitrogens with two attached hydrogens (primary N) is 1. The fraction of sp³-hybridized carbons (Fsp3) is 0.700. The van der Waals surface area contributed by atoms with Crippen LogP contribution >= 0.6 is 0 Å². The highest BCUT2D eigenvalue weighted by Gasteiger charge is 2.30. The van der Waals surface area contributed by atoms with E-state index in [1.807, 2.05) is 0 Å². The number of imidazole rings is 1. The smallest absolute Gasteiger partial charge is 0.361 e. The van der Waals surface area contributed by atoms with Crippen molar-refractivity contribution in [3.8, 4) is 0 Å². The Morgan fingerprint density at radius 2 is 2.47 bits per heavy atom. The molecule has 0 aromatic carbocycles. The first-order chi connectivity index (χ1) is 8.13. The van der Waals surface area contributed by atoms with Crippen LogP contribution in [-0.4, -0.2) is 27.1 Å². The number of hydrogen-bond acceptors (Lipinski definition) is 5. The van der Waals surface area contributed by atoms with Gasteiger partial charge in [0.2, 0.25) is 12.1 Å². The Morgan fingerprint density at radius 1 is 1.71 bits per heavy atom. The Morgan fingerprint density at radius 3 is 3.12 bits per heavy atom. The molecule has 0 amide bonds. The van der Waals surface area contributed by atoms with Crippen molar-refractivity contribution < 1.29 is 4.92 Å². The van der Waals surface area contributed by atoms with Gasteiger partial charge in [0, 0.05) is 13.1 Å². The molecule has 1 heterocycles. The van der Waals surface area contributed by atoms with E-state index in [0.717, 1.165) is 19.3 Å². The van der Waals surface area contributed by atoms with Gasteiger partial charge in [-0.2, -0.15) is 0 Å². The topological polar surface area (TPSA) is 99.0 Å². The van der Waals surface area contributed by atoms with Gasteiger partial charge in [0.1, 0.15) is 0 Å². The lowest BCUT2D eigenvalue weighted by molar-refractivity contribution is -0.388. The van der Waals surface area contributed by atoms with Crippen LogP contribution in [-0.2, 0) is 7.05 Å². The Bertz CT molecular complexity index is 417. The van der Waals surface area contributed by atoms with Gasteiger partial charge in [0.25, 0.3) is 0 Å². The summed E-state index contributed by atoms with van der Waals surface area (Å²) in [5.74, 6) is 0.750. The van der Waals surface area contributed by atoms with E-state index >= 15 is 0 Å². The van der Waals surface area contributed by atoms with Crippen molar-refractivity contribution in [3.63, 3.8) is 0 Å². The average Bonchev–Trinajstić information content (AvgIpc) is 2.87. The molecule has 0 bridgehead atoms. The third kappa shape index (κ3) is 2.23. The fourth-order valence-corrected chi connectivity index (χ4v) is 2.40. The van der Waals surface area contributed by atoms with Crippen LogP contribution in [0.4, 0.5) is 11.6 Å². The number of nitro groups is 1. The van der Waals surface area contributed by atoms with Crippen LogP contribution in [0.5, 0.6) is 0 Å². The number of rotatable bonds is 4. The zero-order valence-electron chi connectivity index (χ0n) is 9.80. The molecule has 0 aliphatic heterocycles. The summed E-state index contributed by atoms with van der Waals surface area (Å²) in [4.78, 5) is 14.1. The molecule has 7 nitrogen and oxygen atoms in total. The predicted molar refractivity (Wildman–Crippen MR) is 63.7 cm³/mol. The van der Waals surface area contributed by atoms with Crippen molar-refractivity contribution in [2.24, 2.45) is 18.7 Å². The van der Waals surface area contributed by atoms with Crippen LogP contribution in [0.25, 0.3) is 0 Å².